The number of nitrogens with one attached hydrogen (secondary N) is 1. The lowest BCUT2D eigenvalue weighted by Gasteiger charge is -2.21. The molecule has 27 heavy (non-hydrogen) atoms. The van der Waals surface area contributed by atoms with E-state index in [1.165, 1.54) is 11.3 Å². The number of likely N-dealkylation sites (tertiary alicyclic amines) is 1. The minimum atomic E-state index is 0.609. The fourth-order valence-corrected chi connectivity index (χ4v) is 4.44. The molecule has 1 atom stereocenters. The van der Waals surface area contributed by atoms with Crippen LogP contribution in [-0.4, -0.2) is 51.3 Å². The average Bonchev–Trinajstić information content (AvgIpc) is 3.35. The molecule has 0 radical (unpaired) electrons. The Kier molecular flexibility index (Phi) is 5.58. The highest BCUT2D eigenvalue weighted by Crippen LogP contribution is 2.25. The third kappa shape index (κ3) is 4.24. The van der Waals surface area contributed by atoms with E-state index in [-0.39, 0.29) is 0 Å². The van der Waals surface area contributed by atoms with E-state index < -0.39 is 0 Å². The summed E-state index contributed by atoms with van der Waals surface area (Å²) >= 11 is 1.94. The summed E-state index contributed by atoms with van der Waals surface area (Å²) in [5.74, 6) is 3.66. The van der Waals surface area contributed by atoms with Crippen molar-refractivity contribution in [1.82, 2.24) is 24.8 Å². The predicted octanol–water partition coefficient (Wildman–Crippen LogP) is 2.92. The third-order valence-corrected chi connectivity index (χ3v) is 6.06. The van der Waals surface area contributed by atoms with E-state index in [1.54, 1.807) is 0 Å². The van der Waals surface area contributed by atoms with Gasteiger partial charge in [-0.3, -0.25) is 9.39 Å². The van der Waals surface area contributed by atoms with Crippen LogP contribution in [0.2, 0.25) is 0 Å². The molecule has 1 N–H and O–H groups in total. The molecule has 0 bridgehead atoms. The molecule has 1 saturated heterocycles. The van der Waals surface area contributed by atoms with Crippen LogP contribution in [0.5, 0.6) is 0 Å². The number of pyridine rings is 1. The maximum atomic E-state index is 4.47. The Hall–Kier alpha value is -2.54. The lowest BCUT2D eigenvalue weighted by atomic mass is 10.2. The van der Waals surface area contributed by atoms with Gasteiger partial charge < -0.3 is 10.2 Å². The number of fused-ring (bicyclic) bond motifs is 1. The van der Waals surface area contributed by atoms with Gasteiger partial charge in [0, 0.05) is 37.0 Å². The molecule has 1 unspecified atom stereocenters. The Balaban J connectivity index is 1.31. The van der Waals surface area contributed by atoms with Gasteiger partial charge in [0.25, 0.3) is 0 Å². The molecule has 3 heterocycles. The second-order valence-corrected chi connectivity index (χ2v) is 7.76. The fourth-order valence-electron chi connectivity index (χ4n) is 3.39. The van der Waals surface area contributed by atoms with Crippen LogP contribution in [0, 0.1) is 5.92 Å². The first-order valence-electron chi connectivity index (χ1n) is 9.25. The number of hydrogen-bond donors (Lipinski definition) is 1. The molecule has 2 aromatic heterocycles. The summed E-state index contributed by atoms with van der Waals surface area (Å²) < 4.78 is 2.00. The van der Waals surface area contributed by atoms with Crippen molar-refractivity contribution in [1.29, 1.82) is 0 Å². The van der Waals surface area contributed by atoms with Crippen molar-refractivity contribution in [3.05, 3.63) is 60.6 Å². The number of nitrogens with zero attached hydrogens (tertiary/aromatic N) is 5. The van der Waals surface area contributed by atoms with Crippen molar-refractivity contribution in [2.45, 2.75) is 17.9 Å². The number of benzene rings is 1. The van der Waals surface area contributed by atoms with Crippen molar-refractivity contribution in [3.8, 4) is 0 Å². The maximum absolute atomic E-state index is 4.47. The van der Waals surface area contributed by atoms with Gasteiger partial charge in [0.15, 0.2) is 17.4 Å². The highest BCUT2D eigenvalue weighted by Gasteiger charge is 2.25. The van der Waals surface area contributed by atoms with Crippen LogP contribution < -0.4 is 5.32 Å². The van der Waals surface area contributed by atoms with Gasteiger partial charge in [0.2, 0.25) is 0 Å². The SMILES string of the molecule is CN=C(NCc1nnc2ccccn12)N1CCC(CSc2ccccc2)C1. The number of rotatable bonds is 5. The Morgan fingerprint density at radius 3 is 2.89 bits per heavy atom. The topological polar surface area (TPSA) is 57.8 Å². The van der Waals surface area contributed by atoms with Crippen LogP contribution in [0.1, 0.15) is 12.2 Å². The molecule has 3 aromatic rings. The summed E-state index contributed by atoms with van der Waals surface area (Å²) in [7, 11) is 1.84. The van der Waals surface area contributed by atoms with Crippen molar-refractivity contribution in [3.63, 3.8) is 0 Å². The molecule has 1 aliphatic rings. The van der Waals surface area contributed by atoms with Crippen LogP contribution in [-0.2, 0) is 6.54 Å². The van der Waals surface area contributed by atoms with E-state index in [0.29, 0.717) is 12.5 Å². The van der Waals surface area contributed by atoms with Gasteiger partial charge in [-0.2, -0.15) is 0 Å². The minimum absolute atomic E-state index is 0.609. The van der Waals surface area contributed by atoms with Gasteiger partial charge >= 0.3 is 0 Å². The van der Waals surface area contributed by atoms with Gasteiger partial charge in [-0.15, -0.1) is 22.0 Å². The zero-order chi connectivity index (χ0) is 18.5. The van der Waals surface area contributed by atoms with E-state index in [2.05, 4.69) is 55.7 Å². The predicted molar refractivity (Wildman–Crippen MR) is 110 cm³/mol. The summed E-state index contributed by atoms with van der Waals surface area (Å²) in [6.07, 6.45) is 3.19. The smallest absolute Gasteiger partial charge is 0.194 e. The van der Waals surface area contributed by atoms with Crippen molar-refractivity contribution >= 4 is 23.4 Å². The normalized spacial score (nSPS) is 17.6. The zero-order valence-corrected chi connectivity index (χ0v) is 16.3. The number of guanidine groups is 1. The summed E-state index contributed by atoms with van der Waals surface area (Å²) in [6, 6.07) is 16.5. The van der Waals surface area contributed by atoms with Gasteiger partial charge in [0.1, 0.15) is 0 Å². The number of aromatic nitrogens is 3. The van der Waals surface area contributed by atoms with Gasteiger partial charge in [0.05, 0.1) is 6.54 Å². The van der Waals surface area contributed by atoms with Crippen LogP contribution in [0.3, 0.4) is 0 Å². The van der Waals surface area contributed by atoms with E-state index in [1.807, 2.05) is 47.6 Å². The Morgan fingerprint density at radius 2 is 2.04 bits per heavy atom. The number of thioether (sulfide) groups is 1. The maximum Gasteiger partial charge on any atom is 0.194 e. The molecular formula is C20H24N6S. The highest BCUT2D eigenvalue weighted by atomic mass is 32.2. The first-order valence-corrected chi connectivity index (χ1v) is 10.2. The van der Waals surface area contributed by atoms with E-state index >= 15 is 0 Å². The summed E-state index contributed by atoms with van der Waals surface area (Å²) in [6.45, 7) is 2.69. The third-order valence-electron chi connectivity index (χ3n) is 4.82. The standard InChI is InChI=1S/C20H24N6S/c1-21-20(22-13-19-24-23-18-9-5-6-11-26(18)19)25-12-10-16(14-25)15-27-17-7-3-2-4-8-17/h2-9,11,16H,10,12-15H2,1H3,(H,21,22). The molecule has 4 rings (SSSR count). The molecule has 140 valence electrons. The van der Waals surface area contributed by atoms with Crippen LogP contribution in [0.4, 0.5) is 0 Å². The van der Waals surface area contributed by atoms with Gasteiger partial charge in [-0.1, -0.05) is 24.3 Å². The number of aliphatic imine (C=N–C) groups is 1. The van der Waals surface area contributed by atoms with Gasteiger partial charge in [-0.25, -0.2) is 0 Å². The number of hydrogen-bond acceptors (Lipinski definition) is 4. The molecule has 1 aromatic carbocycles. The monoisotopic (exact) mass is 380 g/mol. The van der Waals surface area contributed by atoms with Crippen LogP contribution >= 0.6 is 11.8 Å². The molecule has 7 heteroatoms. The molecule has 1 fully saturated rings. The molecule has 0 spiro atoms. The molecule has 1 aliphatic heterocycles. The molecule has 0 amide bonds. The molecular weight excluding hydrogens is 356 g/mol. The van der Waals surface area contributed by atoms with E-state index in [4.69, 9.17) is 0 Å². The average molecular weight is 381 g/mol. The molecule has 6 nitrogen and oxygen atoms in total. The highest BCUT2D eigenvalue weighted by molar-refractivity contribution is 7.99. The minimum Gasteiger partial charge on any atom is -0.349 e. The largest absolute Gasteiger partial charge is 0.349 e. The molecule has 0 aliphatic carbocycles. The van der Waals surface area contributed by atoms with E-state index in [0.717, 1.165) is 36.3 Å². The second kappa shape index (κ2) is 8.43. The quantitative estimate of drug-likeness (QED) is 0.419. The Bertz CT molecular complexity index is 907. The van der Waals surface area contributed by atoms with Crippen LogP contribution in [0.15, 0.2) is 64.6 Å². The van der Waals surface area contributed by atoms with Crippen molar-refractivity contribution in [2.75, 3.05) is 25.9 Å². The summed E-state index contributed by atoms with van der Waals surface area (Å²) in [5, 5.41) is 11.9. The van der Waals surface area contributed by atoms with Crippen molar-refractivity contribution in [2.24, 2.45) is 10.9 Å². The Labute approximate surface area is 163 Å². The first-order chi connectivity index (χ1) is 13.3. The lowest BCUT2D eigenvalue weighted by molar-refractivity contribution is 0.473. The summed E-state index contributed by atoms with van der Waals surface area (Å²) in [4.78, 5) is 8.16. The molecule has 0 saturated carbocycles. The van der Waals surface area contributed by atoms with Crippen LogP contribution in [0.25, 0.3) is 5.65 Å². The second-order valence-electron chi connectivity index (χ2n) is 6.67. The van der Waals surface area contributed by atoms with Crippen molar-refractivity contribution < 1.29 is 0 Å². The van der Waals surface area contributed by atoms with E-state index in [9.17, 15) is 0 Å². The zero-order valence-electron chi connectivity index (χ0n) is 15.5. The summed E-state index contributed by atoms with van der Waals surface area (Å²) in [5.41, 5.74) is 0.864. The lowest BCUT2D eigenvalue weighted by Crippen LogP contribution is -2.40. The fraction of sp³-hybridized carbons (Fsp3) is 0.350. The van der Waals surface area contributed by atoms with Gasteiger partial charge in [-0.05, 0) is 36.6 Å². The Morgan fingerprint density at radius 1 is 1.19 bits per heavy atom. The first kappa shape index (κ1) is 17.9.